The van der Waals surface area contributed by atoms with Gasteiger partial charge in [-0.3, -0.25) is 20.4 Å². The van der Waals surface area contributed by atoms with Gasteiger partial charge in [0.25, 0.3) is 5.91 Å². The molecular weight excluding hydrogens is 258 g/mol. The third kappa shape index (κ3) is 5.71. The Morgan fingerprint density at radius 3 is 2.88 bits per heavy atom. The highest BCUT2D eigenvalue weighted by Crippen LogP contribution is 2.07. The molecule has 1 rings (SSSR count). The Hall–Kier alpha value is -1.05. The molecule has 0 atom stereocenters. The Morgan fingerprint density at radius 1 is 1.41 bits per heavy atom. The van der Waals surface area contributed by atoms with E-state index in [9.17, 15) is 9.59 Å². The van der Waals surface area contributed by atoms with Crippen molar-refractivity contribution in [2.45, 2.75) is 6.42 Å². The lowest BCUT2D eigenvalue weighted by atomic mass is 10.4. The molecule has 4 N–H and O–H groups in total. The third-order valence-corrected chi connectivity index (χ3v) is 3.70. The number of nitrogens with one attached hydrogen (secondary N) is 2. The molecule has 0 unspecified atom stereocenters. The lowest BCUT2D eigenvalue weighted by molar-refractivity contribution is -0.119. The van der Waals surface area contributed by atoms with Gasteiger partial charge in [0, 0.05) is 0 Å². The van der Waals surface area contributed by atoms with Crippen LogP contribution >= 0.6 is 23.1 Å². The van der Waals surface area contributed by atoms with E-state index in [1.165, 1.54) is 23.1 Å². The van der Waals surface area contributed by atoms with E-state index in [2.05, 4.69) is 10.9 Å². The van der Waals surface area contributed by atoms with Crippen molar-refractivity contribution in [1.82, 2.24) is 10.9 Å². The second-order valence-electron chi connectivity index (χ2n) is 3.17. The monoisotopic (exact) mass is 273 g/mol. The normalized spacial score (nSPS) is 9.94. The summed E-state index contributed by atoms with van der Waals surface area (Å²) in [5.41, 5.74) is 10.1. The third-order valence-electron chi connectivity index (χ3n) is 1.79. The summed E-state index contributed by atoms with van der Waals surface area (Å²) in [4.78, 5) is 23.3. The zero-order valence-corrected chi connectivity index (χ0v) is 10.9. The molecule has 0 saturated heterocycles. The maximum atomic E-state index is 11.4. The number of hydrogen-bond acceptors (Lipinski definition) is 5. The van der Waals surface area contributed by atoms with E-state index in [1.807, 2.05) is 0 Å². The van der Waals surface area contributed by atoms with Crippen molar-refractivity contribution in [3.05, 3.63) is 22.4 Å². The first-order chi connectivity index (χ1) is 8.24. The van der Waals surface area contributed by atoms with E-state index >= 15 is 0 Å². The van der Waals surface area contributed by atoms with Crippen LogP contribution in [-0.4, -0.2) is 29.9 Å². The quantitative estimate of drug-likeness (QED) is 0.523. The maximum Gasteiger partial charge on any atom is 0.279 e. The average molecular weight is 273 g/mol. The largest absolute Gasteiger partial charge is 0.330 e. The molecule has 0 bridgehead atoms. The lowest BCUT2D eigenvalue weighted by Gasteiger charge is -2.05. The number of thiophene rings is 1. The standard InChI is InChI=1S/C10H15N3O2S2/c11-4-2-5-16-7-9(14)12-13-10(15)8-3-1-6-17-8/h1,3,6H,2,4-5,7,11H2,(H,12,14)(H,13,15). The lowest BCUT2D eigenvalue weighted by Crippen LogP contribution is -2.42. The van der Waals surface area contributed by atoms with Crippen LogP contribution in [-0.2, 0) is 4.79 Å². The maximum absolute atomic E-state index is 11.4. The summed E-state index contributed by atoms with van der Waals surface area (Å²) in [6, 6.07) is 3.48. The first-order valence-corrected chi connectivity index (χ1v) is 7.18. The summed E-state index contributed by atoms with van der Waals surface area (Å²) in [5.74, 6) is 0.672. The summed E-state index contributed by atoms with van der Waals surface area (Å²) < 4.78 is 0. The second kappa shape index (κ2) is 8.10. The van der Waals surface area contributed by atoms with Gasteiger partial charge in [-0.15, -0.1) is 11.3 Å². The topological polar surface area (TPSA) is 84.2 Å². The van der Waals surface area contributed by atoms with Crippen LogP contribution in [0.25, 0.3) is 0 Å². The fraction of sp³-hybridized carbons (Fsp3) is 0.400. The molecule has 0 saturated carbocycles. The predicted molar refractivity (Wildman–Crippen MR) is 70.9 cm³/mol. The van der Waals surface area contributed by atoms with Crippen molar-refractivity contribution in [3.63, 3.8) is 0 Å². The number of carbonyl (C=O) groups is 2. The predicted octanol–water partition coefficient (Wildman–Crippen LogP) is 0.591. The molecule has 0 aliphatic heterocycles. The minimum atomic E-state index is -0.291. The van der Waals surface area contributed by atoms with Gasteiger partial charge in [-0.05, 0) is 30.2 Å². The van der Waals surface area contributed by atoms with Crippen molar-refractivity contribution >= 4 is 34.9 Å². The minimum absolute atomic E-state index is 0.211. The second-order valence-corrected chi connectivity index (χ2v) is 5.23. The molecule has 0 radical (unpaired) electrons. The summed E-state index contributed by atoms with van der Waals surface area (Å²) in [6.07, 6.45) is 0.888. The van der Waals surface area contributed by atoms with Crippen molar-refractivity contribution < 1.29 is 9.59 Å². The molecule has 2 amide bonds. The van der Waals surface area contributed by atoms with Gasteiger partial charge in [0.2, 0.25) is 5.91 Å². The number of rotatable bonds is 6. The Balaban J connectivity index is 2.13. The van der Waals surface area contributed by atoms with Crippen LogP contribution < -0.4 is 16.6 Å². The molecule has 1 heterocycles. The Morgan fingerprint density at radius 2 is 2.24 bits per heavy atom. The molecular formula is C10H15N3O2S2. The number of hydrogen-bond donors (Lipinski definition) is 3. The Bertz CT molecular complexity index is 354. The number of nitrogens with two attached hydrogens (primary N) is 1. The molecule has 0 aliphatic rings. The first kappa shape index (κ1) is 14.0. The van der Waals surface area contributed by atoms with Crippen LogP contribution in [0, 0.1) is 0 Å². The number of carbonyl (C=O) groups excluding carboxylic acids is 2. The SMILES string of the molecule is NCCCSCC(=O)NNC(=O)c1cccs1. The zero-order chi connectivity index (χ0) is 12.5. The zero-order valence-electron chi connectivity index (χ0n) is 9.27. The fourth-order valence-electron chi connectivity index (χ4n) is 0.982. The first-order valence-electron chi connectivity index (χ1n) is 5.14. The Kier molecular flexibility index (Phi) is 6.68. The molecule has 0 fully saturated rings. The van der Waals surface area contributed by atoms with Crippen LogP contribution in [0.15, 0.2) is 17.5 Å². The van der Waals surface area contributed by atoms with Gasteiger partial charge in [0.1, 0.15) is 0 Å². The highest BCUT2D eigenvalue weighted by molar-refractivity contribution is 7.99. The summed E-state index contributed by atoms with van der Waals surface area (Å²) in [7, 11) is 0. The highest BCUT2D eigenvalue weighted by Gasteiger charge is 2.07. The van der Waals surface area contributed by atoms with Crippen LogP contribution in [0.3, 0.4) is 0 Å². The molecule has 1 aromatic rings. The molecule has 1 aromatic heterocycles. The number of hydrazine groups is 1. The molecule has 0 aliphatic carbocycles. The van der Waals surface area contributed by atoms with E-state index in [0.29, 0.717) is 17.2 Å². The fourth-order valence-corrected chi connectivity index (χ4v) is 2.37. The summed E-state index contributed by atoms with van der Waals surface area (Å²) in [5, 5.41) is 1.80. The van der Waals surface area contributed by atoms with Gasteiger partial charge in [0.15, 0.2) is 0 Å². The molecule has 94 valence electrons. The Labute approximate surface area is 108 Å². The summed E-state index contributed by atoms with van der Waals surface area (Å²) in [6.45, 7) is 0.629. The van der Waals surface area contributed by atoms with E-state index in [1.54, 1.807) is 17.5 Å². The van der Waals surface area contributed by atoms with E-state index in [4.69, 9.17) is 5.73 Å². The highest BCUT2D eigenvalue weighted by atomic mass is 32.2. The van der Waals surface area contributed by atoms with Crippen LogP contribution in [0.1, 0.15) is 16.1 Å². The van der Waals surface area contributed by atoms with Gasteiger partial charge in [0.05, 0.1) is 10.6 Å². The van der Waals surface area contributed by atoms with E-state index < -0.39 is 0 Å². The molecule has 0 aromatic carbocycles. The smallest absolute Gasteiger partial charge is 0.279 e. The minimum Gasteiger partial charge on any atom is -0.330 e. The van der Waals surface area contributed by atoms with Gasteiger partial charge in [-0.25, -0.2) is 0 Å². The van der Waals surface area contributed by atoms with Crippen molar-refractivity contribution in [3.8, 4) is 0 Å². The van der Waals surface area contributed by atoms with Crippen molar-refractivity contribution in [2.75, 3.05) is 18.1 Å². The molecule has 5 nitrogen and oxygen atoms in total. The van der Waals surface area contributed by atoms with Crippen LogP contribution in [0.4, 0.5) is 0 Å². The number of amides is 2. The van der Waals surface area contributed by atoms with Gasteiger partial charge < -0.3 is 5.73 Å². The molecule has 7 heteroatoms. The van der Waals surface area contributed by atoms with Crippen molar-refractivity contribution in [1.29, 1.82) is 0 Å². The van der Waals surface area contributed by atoms with Gasteiger partial charge >= 0.3 is 0 Å². The summed E-state index contributed by atoms with van der Waals surface area (Å²) >= 11 is 2.82. The molecule has 17 heavy (non-hydrogen) atoms. The number of thioether (sulfide) groups is 1. The average Bonchev–Trinajstić information content (AvgIpc) is 2.85. The van der Waals surface area contributed by atoms with Crippen LogP contribution in [0.5, 0.6) is 0 Å². The van der Waals surface area contributed by atoms with Gasteiger partial charge in [-0.2, -0.15) is 11.8 Å². The molecule has 0 spiro atoms. The van der Waals surface area contributed by atoms with Gasteiger partial charge in [-0.1, -0.05) is 6.07 Å². The van der Waals surface area contributed by atoms with Crippen LogP contribution in [0.2, 0.25) is 0 Å². The van der Waals surface area contributed by atoms with E-state index in [0.717, 1.165) is 12.2 Å². The van der Waals surface area contributed by atoms with Crippen molar-refractivity contribution in [2.24, 2.45) is 5.73 Å². The van der Waals surface area contributed by atoms with E-state index in [-0.39, 0.29) is 11.8 Å².